The first-order valence-corrected chi connectivity index (χ1v) is 6.32. The second-order valence-electron chi connectivity index (χ2n) is 5.26. The van der Waals surface area contributed by atoms with Gasteiger partial charge in [0, 0.05) is 17.7 Å². The summed E-state index contributed by atoms with van der Waals surface area (Å²) in [5.74, 6) is 0.145. The molecule has 1 aromatic heterocycles. The summed E-state index contributed by atoms with van der Waals surface area (Å²) in [6.07, 6.45) is 1.99. The summed E-state index contributed by atoms with van der Waals surface area (Å²) in [7, 11) is 0. The number of pyridine rings is 1. The molecular formula is C15H20NO2+. The molecule has 0 atom stereocenters. The molecule has 96 valence electrons. The molecule has 2 aromatic rings. The highest BCUT2D eigenvalue weighted by molar-refractivity contribution is 5.86. The Kier molecular flexibility index (Phi) is 3.16. The van der Waals surface area contributed by atoms with Crippen LogP contribution in [-0.2, 0) is 0 Å². The molecule has 2 N–H and O–H groups in total. The Bertz CT molecular complexity index is 589. The van der Waals surface area contributed by atoms with Crippen molar-refractivity contribution in [1.29, 1.82) is 0 Å². The van der Waals surface area contributed by atoms with E-state index < -0.39 is 0 Å². The van der Waals surface area contributed by atoms with Gasteiger partial charge in [0.2, 0.25) is 5.52 Å². The normalized spacial score (nSPS) is 11.7. The van der Waals surface area contributed by atoms with Crippen molar-refractivity contribution in [2.45, 2.75) is 39.7 Å². The molecule has 0 saturated carbocycles. The van der Waals surface area contributed by atoms with Crippen molar-refractivity contribution in [1.82, 2.24) is 0 Å². The monoisotopic (exact) mass is 246 g/mol. The third kappa shape index (κ3) is 1.90. The van der Waals surface area contributed by atoms with Crippen LogP contribution in [0.4, 0.5) is 0 Å². The van der Waals surface area contributed by atoms with Crippen LogP contribution in [0.5, 0.6) is 11.5 Å². The second-order valence-corrected chi connectivity index (χ2v) is 5.26. The third-order valence-electron chi connectivity index (χ3n) is 3.29. The molecule has 18 heavy (non-hydrogen) atoms. The second kappa shape index (κ2) is 4.48. The summed E-state index contributed by atoms with van der Waals surface area (Å²) in [6, 6.07) is 5.98. The van der Waals surface area contributed by atoms with Crippen LogP contribution in [0.3, 0.4) is 0 Å². The number of phenolic OH excluding ortho intramolecular Hbond substituents is 2. The minimum Gasteiger partial charge on any atom is -0.504 e. The molecule has 0 aliphatic heterocycles. The van der Waals surface area contributed by atoms with E-state index in [0.29, 0.717) is 11.4 Å². The Morgan fingerprint density at radius 1 is 1.06 bits per heavy atom. The Morgan fingerprint density at radius 2 is 1.72 bits per heavy atom. The molecule has 0 spiro atoms. The van der Waals surface area contributed by atoms with E-state index in [0.717, 1.165) is 11.1 Å². The van der Waals surface area contributed by atoms with E-state index in [1.807, 2.05) is 38.2 Å². The summed E-state index contributed by atoms with van der Waals surface area (Å²) in [4.78, 5) is 0. The van der Waals surface area contributed by atoms with Gasteiger partial charge in [-0.2, -0.15) is 4.57 Å². The van der Waals surface area contributed by atoms with Crippen molar-refractivity contribution < 1.29 is 14.8 Å². The quantitative estimate of drug-likeness (QED) is 0.631. The van der Waals surface area contributed by atoms with Gasteiger partial charge in [-0.05, 0) is 25.8 Å². The minimum absolute atomic E-state index is 0.000920. The van der Waals surface area contributed by atoms with Crippen LogP contribution < -0.4 is 4.57 Å². The first kappa shape index (κ1) is 12.7. The standard InChI is InChI=1S/C15H19NO2/c1-9(2)12-8-13-11(14(17)15(12)18)6-5-7-16(13)10(3)4/h5-10,18H,1-4H3/p+1. The van der Waals surface area contributed by atoms with Gasteiger partial charge in [0.1, 0.15) is 0 Å². The van der Waals surface area contributed by atoms with Gasteiger partial charge in [0.25, 0.3) is 0 Å². The van der Waals surface area contributed by atoms with Crippen molar-refractivity contribution >= 4 is 10.9 Å². The van der Waals surface area contributed by atoms with Gasteiger partial charge >= 0.3 is 0 Å². The predicted octanol–water partition coefficient (Wildman–Crippen LogP) is 3.24. The van der Waals surface area contributed by atoms with Crippen LogP contribution >= 0.6 is 0 Å². The van der Waals surface area contributed by atoms with Gasteiger partial charge in [0.15, 0.2) is 23.7 Å². The van der Waals surface area contributed by atoms with E-state index >= 15 is 0 Å². The SMILES string of the molecule is CC(C)c1cc2c(ccc[n+]2C(C)C)c(O)c1O. The fourth-order valence-corrected chi connectivity index (χ4v) is 2.26. The average molecular weight is 246 g/mol. The molecule has 0 radical (unpaired) electrons. The first-order chi connectivity index (χ1) is 8.43. The van der Waals surface area contributed by atoms with Gasteiger partial charge < -0.3 is 10.2 Å². The number of aromatic hydroxyl groups is 2. The molecule has 1 aromatic carbocycles. The summed E-state index contributed by atoms with van der Waals surface area (Å²) >= 11 is 0. The maximum atomic E-state index is 10.1. The highest BCUT2D eigenvalue weighted by atomic mass is 16.3. The third-order valence-corrected chi connectivity index (χ3v) is 3.29. The zero-order chi connectivity index (χ0) is 13.4. The molecule has 0 bridgehead atoms. The van der Waals surface area contributed by atoms with Gasteiger partial charge in [-0.3, -0.25) is 0 Å². The van der Waals surface area contributed by atoms with E-state index in [2.05, 4.69) is 18.4 Å². The Hall–Kier alpha value is -1.77. The molecule has 0 aliphatic carbocycles. The topological polar surface area (TPSA) is 44.3 Å². The Balaban J connectivity index is 2.87. The van der Waals surface area contributed by atoms with E-state index in [-0.39, 0.29) is 17.4 Å². The molecule has 2 rings (SSSR count). The number of hydrogen-bond donors (Lipinski definition) is 2. The Morgan fingerprint density at radius 3 is 2.28 bits per heavy atom. The van der Waals surface area contributed by atoms with Crippen LogP contribution in [0.2, 0.25) is 0 Å². The van der Waals surface area contributed by atoms with Crippen molar-refractivity contribution in [2.75, 3.05) is 0 Å². The van der Waals surface area contributed by atoms with Crippen LogP contribution in [0, 0.1) is 0 Å². The smallest absolute Gasteiger partial charge is 0.217 e. The molecule has 0 amide bonds. The van der Waals surface area contributed by atoms with Crippen molar-refractivity contribution in [3.8, 4) is 11.5 Å². The number of nitrogens with zero attached hydrogens (tertiary/aromatic N) is 1. The highest BCUT2D eigenvalue weighted by Gasteiger charge is 2.21. The van der Waals surface area contributed by atoms with E-state index in [4.69, 9.17) is 0 Å². The lowest BCUT2D eigenvalue weighted by atomic mass is 9.99. The van der Waals surface area contributed by atoms with Gasteiger partial charge in [0.05, 0.1) is 5.39 Å². The van der Waals surface area contributed by atoms with Crippen LogP contribution in [0.15, 0.2) is 24.4 Å². The molecule has 0 saturated heterocycles. The zero-order valence-corrected chi connectivity index (χ0v) is 11.3. The Labute approximate surface area is 107 Å². The lowest BCUT2D eigenvalue weighted by Gasteiger charge is -2.12. The van der Waals surface area contributed by atoms with Crippen LogP contribution in [-0.4, -0.2) is 10.2 Å². The van der Waals surface area contributed by atoms with Gasteiger partial charge in [-0.15, -0.1) is 0 Å². The summed E-state index contributed by atoms with van der Waals surface area (Å²) in [5, 5.41) is 20.9. The molecule has 1 heterocycles. The average Bonchev–Trinajstić information content (AvgIpc) is 2.32. The zero-order valence-electron chi connectivity index (χ0n) is 11.3. The predicted molar refractivity (Wildman–Crippen MR) is 71.9 cm³/mol. The van der Waals surface area contributed by atoms with Crippen LogP contribution in [0.25, 0.3) is 10.9 Å². The lowest BCUT2D eigenvalue weighted by molar-refractivity contribution is -0.691. The van der Waals surface area contributed by atoms with Crippen molar-refractivity contribution in [2.24, 2.45) is 0 Å². The van der Waals surface area contributed by atoms with E-state index in [9.17, 15) is 10.2 Å². The number of aromatic nitrogens is 1. The van der Waals surface area contributed by atoms with E-state index in [1.165, 1.54) is 0 Å². The van der Waals surface area contributed by atoms with Crippen LogP contribution in [0.1, 0.15) is 45.2 Å². The maximum absolute atomic E-state index is 10.1. The van der Waals surface area contributed by atoms with Gasteiger partial charge in [-0.25, -0.2) is 0 Å². The highest BCUT2D eigenvalue weighted by Crippen LogP contribution is 2.39. The molecule has 3 heteroatoms. The fraction of sp³-hybridized carbons (Fsp3) is 0.400. The molecule has 0 unspecified atom stereocenters. The maximum Gasteiger partial charge on any atom is 0.217 e. The number of benzene rings is 1. The summed E-state index contributed by atoms with van der Waals surface area (Å²) < 4.78 is 2.10. The lowest BCUT2D eigenvalue weighted by Crippen LogP contribution is -2.36. The number of phenols is 2. The fourth-order valence-electron chi connectivity index (χ4n) is 2.26. The molecule has 0 fully saturated rings. The number of fused-ring (bicyclic) bond motifs is 1. The van der Waals surface area contributed by atoms with E-state index in [1.54, 1.807) is 0 Å². The summed E-state index contributed by atoms with van der Waals surface area (Å²) in [6.45, 7) is 8.20. The molecular weight excluding hydrogens is 226 g/mol. The first-order valence-electron chi connectivity index (χ1n) is 6.32. The number of hydrogen-bond acceptors (Lipinski definition) is 2. The van der Waals surface area contributed by atoms with Crippen molar-refractivity contribution in [3.05, 3.63) is 30.0 Å². The summed E-state index contributed by atoms with van der Waals surface area (Å²) in [5.41, 5.74) is 1.73. The minimum atomic E-state index is -0.0220. The van der Waals surface area contributed by atoms with Crippen molar-refractivity contribution in [3.63, 3.8) is 0 Å². The number of rotatable bonds is 2. The largest absolute Gasteiger partial charge is 0.504 e. The molecule has 3 nitrogen and oxygen atoms in total. The van der Waals surface area contributed by atoms with Gasteiger partial charge in [-0.1, -0.05) is 13.8 Å². The molecule has 0 aliphatic rings.